The van der Waals surface area contributed by atoms with Crippen molar-refractivity contribution in [3.8, 4) is 5.75 Å². The molecule has 0 aromatic heterocycles. The number of nitrogens with one attached hydrogen (secondary N) is 1. The van der Waals surface area contributed by atoms with Gasteiger partial charge in [-0.25, -0.2) is 9.79 Å². The second-order valence-electron chi connectivity index (χ2n) is 7.00. The predicted molar refractivity (Wildman–Crippen MR) is 113 cm³/mol. The van der Waals surface area contributed by atoms with Crippen molar-refractivity contribution < 1.29 is 24.2 Å². The summed E-state index contributed by atoms with van der Waals surface area (Å²) in [5.74, 6) is 0.114. The number of hydrogen-bond acceptors (Lipinski definition) is 6. The number of benzene rings is 1. The van der Waals surface area contributed by atoms with Crippen LogP contribution in [0.3, 0.4) is 0 Å². The Bertz CT molecular complexity index is 768. The Hall–Kier alpha value is -2.67. The Morgan fingerprint density at radius 1 is 1.21 bits per heavy atom. The largest absolute Gasteiger partial charge is 0.491 e. The summed E-state index contributed by atoms with van der Waals surface area (Å²) in [6.07, 6.45) is 2.09. The molecule has 1 unspecified atom stereocenters. The van der Waals surface area contributed by atoms with E-state index in [-0.39, 0.29) is 31.1 Å². The van der Waals surface area contributed by atoms with E-state index in [1.165, 1.54) is 6.20 Å². The van der Waals surface area contributed by atoms with Crippen LogP contribution in [-0.2, 0) is 16.1 Å². The Labute approximate surface area is 172 Å². The number of esters is 1. The summed E-state index contributed by atoms with van der Waals surface area (Å²) in [7, 11) is 0. The van der Waals surface area contributed by atoms with Gasteiger partial charge in [0.05, 0.1) is 24.9 Å². The van der Waals surface area contributed by atoms with E-state index < -0.39 is 5.97 Å². The number of hydrogen-bond donors (Lipinski definition) is 2. The van der Waals surface area contributed by atoms with Gasteiger partial charge in [0, 0.05) is 17.7 Å². The maximum Gasteiger partial charge on any atom is 0.335 e. The highest BCUT2D eigenvalue weighted by Crippen LogP contribution is 2.19. The summed E-state index contributed by atoms with van der Waals surface area (Å²) >= 11 is 0. The van der Waals surface area contributed by atoms with Gasteiger partial charge in [-0.2, -0.15) is 0 Å². The van der Waals surface area contributed by atoms with Crippen LogP contribution in [0.4, 0.5) is 0 Å². The van der Waals surface area contributed by atoms with E-state index in [9.17, 15) is 14.7 Å². The van der Waals surface area contributed by atoms with Crippen LogP contribution in [0.15, 0.2) is 35.0 Å². The van der Waals surface area contributed by atoms with Gasteiger partial charge in [-0.1, -0.05) is 13.8 Å². The number of nitrogens with zero attached hydrogens (tertiary/aromatic N) is 1. The number of rotatable bonds is 9. The maximum atomic E-state index is 12.8. The van der Waals surface area contributed by atoms with Crippen molar-refractivity contribution in [1.29, 1.82) is 0 Å². The SMILES string of the molecule is CCOC(=O)/C(C)=C/N=C(NC(=O)c1cc(CO)cc(OC(C)C)c1)C(C)CC. The Balaban J connectivity index is 3.14. The van der Waals surface area contributed by atoms with E-state index >= 15 is 0 Å². The summed E-state index contributed by atoms with van der Waals surface area (Å²) in [4.78, 5) is 28.9. The summed E-state index contributed by atoms with van der Waals surface area (Å²) < 4.78 is 10.6. The Morgan fingerprint density at radius 2 is 1.90 bits per heavy atom. The number of ether oxygens (including phenoxy) is 2. The lowest BCUT2D eigenvalue weighted by Crippen LogP contribution is -2.34. The third kappa shape index (κ3) is 8.07. The number of aliphatic hydroxyl groups is 1. The fraction of sp³-hybridized carbons (Fsp3) is 0.500. The molecule has 1 atom stereocenters. The minimum atomic E-state index is -0.447. The highest BCUT2D eigenvalue weighted by atomic mass is 16.5. The van der Waals surface area contributed by atoms with E-state index in [0.717, 1.165) is 6.42 Å². The van der Waals surface area contributed by atoms with Gasteiger partial charge in [-0.05, 0) is 57.9 Å². The normalized spacial score (nSPS) is 13.2. The zero-order chi connectivity index (χ0) is 22.0. The fourth-order valence-corrected chi connectivity index (χ4v) is 2.35. The minimum Gasteiger partial charge on any atom is -0.491 e. The molecule has 1 amide bonds. The minimum absolute atomic E-state index is 0.0300. The number of aliphatic imine (C=N–C) groups is 1. The molecule has 29 heavy (non-hydrogen) atoms. The average Bonchev–Trinajstić information content (AvgIpc) is 2.69. The predicted octanol–water partition coefficient (Wildman–Crippen LogP) is 3.61. The molecule has 1 aromatic carbocycles. The topological polar surface area (TPSA) is 97.2 Å². The van der Waals surface area contributed by atoms with Crippen molar-refractivity contribution >= 4 is 17.7 Å². The van der Waals surface area contributed by atoms with Gasteiger partial charge in [-0.15, -0.1) is 0 Å². The molecule has 0 fully saturated rings. The monoisotopic (exact) mass is 404 g/mol. The molecule has 0 bridgehead atoms. The first kappa shape index (κ1) is 24.4. The molecule has 160 valence electrons. The molecule has 0 saturated heterocycles. The van der Waals surface area contributed by atoms with E-state index in [1.807, 2.05) is 27.7 Å². The van der Waals surface area contributed by atoms with Crippen molar-refractivity contribution in [2.45, 2.75) is 60.7 Å². The van der Waals surface area contributed by atoms with Gasteiger partial charge in [0.1, 0.15) is 11.6 Å². The van der Waals surface area contributed by atoms with Crippen LogP contribution in [0.25, 0.3) is 0 Å². The number of amides is 1. The van der Waals surface area contributed by atoms with Crippen molar-refractivity contribution in [1.82, 2.24) is 5.32 Å². The average molecular weight is 405 g/mol. The van der Waals surface area contributed by atoms with Gasteiger partial charge < -0.3 is 19.9 Å². The van der Waals surface area contributed by atoms with Crippen LogP contribution in [0, 0.1) is 5.92 Å². The molecule has 7 nitrogen and oxygen atoms in total. The molecule has 0 heterocycles. The van der Waals surface area contributed by atoms with E-state index in [2.05, 4.69) is 10.3 Å². The summed E-state index contributed by atoms with van der Waals surface area (Å²) in [6, 6.07) is 4.94. The number of carbonyl (C=O) groups is 2. The highest BCUT2D eigenvalue weighted by molar-refractivity contribution is 6.07. The highest BCUT2D eigenvalue weighted by Gasteiger charge is 2.16. The lowest BCUT2D eigenvalue weighted by Gasteiger charge is -2.16. The van der Waals surface area contributed by atoms with Gasteiger partial charge >= 0.3 is 5.97 Å². The third-order valence-corrected chi connectivity index (χ3v) is 4.10. The van der Waals surface area contributed by atoms with Gasteiger partial charge in [0.2, 0.25) is 0 Å². The molecule has 0 aliphatic carbocycles. The molecular formula is C22H32N2O5. The van der Waals surface area contributed by atoms with E-state index in [4.69, 9.17) is 9.47 Å². The fourth-order valence-electron chi connectivity index (χ4n) is 2.35. The number of carbonyl (C=O) groups excluding carboxylic acids is 2. The van der Waals surface area contributed by atoms with Crippen molar-refractivity contribution in [3.05, 3.63) is 41.1 Å². The first-order valence-electron chi connectivity index (χ1n) is 9.86. The van der Waals surface area contributed by atoms with Crippen LogP contribution in [-0.4, -0.2) is 35.5 Å². The molecule has 0 spiro atoms. The van der Waals surface area contributed by atoms with Crippen molar-refractivity contribution in [2.75, 3.05) is 6.61 Å². The van der Waals surface area contributed by atoms with Crippen LogP contribution in [0.2, 0.25) is 0 Å². The smallest absolute Gasteiger partial charge is 0.335 e. The second kappa shape index (κ2) is 12.0. The Morgan fingerprint density at radius 3 is 2.45 bits per heavy atom. The lowest BCUT2D eigenvalue weighted by molar-refractivity contribution is -0.138. The van der Waals surface area contributed by atoms with Crippen molar-refractivity contribution in [3.63, 3.8) is 0 Å². The summed E-state index contributed by atoms with van der Waals surface area (Å²) in [5, 5.41) is 12.3. The van der Waals surface area contributed by atoms with Gasteiger partial charge in [0.15, 0.2) is 0 Å². The molecule has 7 heteroatoms. The molecule has 1 aromatic rings. The van der Waals surface area contributed by atoms with Gasteiger partial charge in [0.25, 0.3) is 5.91 Å². The molecule has 2 N–H and O–H groups in total. The van der Waals surface area contributed by atoms with E-state index in [0.29, 0.717) is 28.3 Å². The quantitative estimate of drug-likeness (QED) is 0.284. The molecule has 0 aliphatic heterocycles. The van der Waals surface area contributed by atoms with E-state index in [1.54, 1.807) is 32.0 Å². The second-order valence-corrected chi connectivity index (χ2v) is 7.00. The molecular weight excluding hydrogens is 372 g/mol. The first-order chi connectivity index (χ1) is 13.7. The van der Waals surface area contributed by atoms with Crippen LogP contribution < -0.4 is 10.1 Å². The lowest BCUT2D eigenvalue weighted by atomic mass is 10.1. The molecule has 0 aliphatic rings. The maximum absolute atomic E-state index is 12.8. The van der Waals surface area contributed by atoms with Gasteiger partial charge in [-0.3, -0.25) is 4.79 Å². The van der Waals surface area contributed by atoms with Crippen molar-refractivity contribution in [2.24, 2.45) is 10.9 Å². The molecule has 0 radical (unpaired) electrons. The summed E-state index contributed by atoms with van der Waals surface area (Å²) in [5.41, 5.74) is 1.28. The standard InChI is InChI=1S/C22H32N2O5/c1-7-15(5)20(23-12-16(6)22(27)28-8-2)24-21(26)18-9-17(13-25)10-19(11-18)29-14(3)4/h9-12,14-15,25H,7-8,13H2,1-6H3,(H,23,24,26)/b16-12+. The number of aliphatic hydroxyl groups excluding tert-OH is 1. The summed E-state index contributed by atoms with van der Waals surface area (Å²) in [6.45, 7) is 11.1. The zero-order valence-corrected chi connectivity index (χ0v) is 18.1. The van der Waals surface area contributed by atoms with Crippen LogP contribution in [0.1, 0.15) is 63.9 Å². The third-order valence-electron chi connectivity index (χ3n) is 4.10. The molecule has 0 saturated carbocycles. The van der Waals surface area contributed by atoms with Crippen LogP contribution >= 0.6 is 0 Å². The first-order valence-corrected chi connectivity index (χ1v) is 9.86. The Kier molecular flexibility index (Phi) is 10.1. The molecule has 1 rings (SSSR count). The van der Waals surface area contributed by atoms with Crippen LogP contribution in [0.5, 0.6) is 5.75 Å². The zero-order valence-electron chi connectivity index (χ0n) is 18.1. The number of amidine groups is 1.